The maximum absolute atomic E-state index is 11.4. The summed E-state index contributed by atoms with van der Waals surface area (Å²) < 4.78 is 23.7. The fraction of sp³-hybridized carbons (Fsp3) is 0.200. The molecule has 0 amide bonds. The monoisotopic (exact) mass is 369 g/mol. The number of anilines is 1. The van der Waals surface area contributed by atoms with Gasteiger partial charge in [0.05, 0.1) is 11.0 Å². The molecule has 6 heteroatoms. The number of rotatable bonds is 5. The second-order valence-corrected chi connectivity index (χ2v) is 7.68. The minimum Gasteiger partial charge on any atom is -0.387 e. The molecule has 4 nitrogen and oxygen atoms in total. The molecule has 1 atom stereocenters. The predicted octanol–water partition coefficient (Wildman–Crippen LogP) is 3.00. The van der Waals surface area contributed by atoms with Crippen molar-refractivity contribution in [1.82, 2.24) is 0 Å². The minimum absolute atomic E-state index is 0.249. The van der Waals surface area contributed by atoms with Crippen molar-refractivity contribution in [2.75, 3.05) is 18.1 Å². The first-order valence-electron chi connectivity index (χ1n) is 6.34. The van der Waals surface area contributed by atoms with E-state index in [2.05, 4.69) is 21.2 Å². The van der Waals surface area contributed by atoms with Crippen LogP contribution in [0, 0.1) is 0 Å². The van der Waals surface area contributed by atoms with Gasteiger partial charge in [0.15, 0.2) is 9.84 Å². The fourth-order valence-corrected chi connectivity index (χ4v) is 2.90. The summed E-state index contributed by atoms with van der Waals surface area (Å²) in [6, 6.07) is 13.9. The number of benzene rings is 2. The second kappa shape index (κ2) is 6.60. The highest BCUT2D eigenvalue weighted by Crippen LogP contribution is 2.19. The van der Waals surface area contributed by atoms with Gasteiger partial charge in [-0.3, -0.25) is 0 Å². The number of aliphatic hydroxyl groups excluding tert-OH is 1. The normalized spacial score (nSPS) is 12.9. The van der Waals surface area contributed by atoms with Gasteiger partial charge in [0, 0.05) is 23.0 Å². The van der Waals surface area contributed by atoms with Crippen molar-refractivity contribution in [1.29, 1.82) is 0 Å². The zero-order valence-electron chi connectivity index (χ0n) is 11.5. The molecule has 2 rings (SSSR count). The van der Waals surface area contributed by atoms with Crippen LogP contribution in [0.15, 0.2) is 57.9 Å². The largest absolute Gasteiger partial charge is 0.387 e. The summed E-state index contributed by atoms with van der Waals surface area (Å²) in [5.41, 5.74) is 1.57. The van der Waals surface area contributed by atoms with Crippen LogP contribution >= 0.6 is 15.9 Å². The highest BCUT2D eigenvalue weighted by atomic mass is 79.9. The predicted molar refractivity (Wildman–Crippen MR) is 87.1 cm³/mol. The van der Waals surface area contributed by atoms with E-state index in [1.165, 1.54) is 12.1 Å². The van der Waals surface area contributed by atoms with E-state index in [0.717, 1.165) is 16.4 Å². The molecule has 0 aromatic heterocycles. The lowest BCUT2D eigenvalue weighted by Gasteiger charge is -2.13. The van der Waals surface area contributed by atoms with Crippen molar-refractivity contribution in [2.45, 2.75) is 11.0 Å². The highest BCUT2D eigenvalue weighted by Gasteiger charge is 2.10. The van der Waals surface area contributed by atoms with Gasteiger partial charge in [0.1, 0.15) is 0 Å². The lowest BCUT2D eigenvalue weighted by atomic mass is 10.1. The SMILES string of the molecule is CS(=O)(=O)c1ccc(C(O)CNc2cccc(Br)c2)cc1. The van der Waals surface area contributed by atoms with Gasteiger partial charge in [-0.2, -0.15) is 0 Å². The van der Waals surface area contributed by atoms with Gasteiger partial charge in [0.2, 0.25) is 0 Å². The topological polar surface area (TPSA) is 66.4 Å². The van der Waals surface area contributed by atoms with Crippen molar-refractivity contribution >= 4 is 31.5 Å². The average molecular weight is 370 g/mol. The minimum atomic E-state index is -3.21. The van der Waals surface area contributed by atoms with Gasteiger partial charge < -0.3 is 10.4 Å². The van der Waals surface area contributed by atoms with Gasteiger partial charge in [-0.05, 0) is 35.9 Å². The highest BCUT2D eigenvalue weighted by molar-refractivity contribution is 9.10. The molecule has 21 heavy (non-hydrogen) atoms. The number of halogens is 1. The Balaban J connectivity index is 2.02. The lowest BCUT2D eigenvalue weighted by Crippen LogP contribution is -2.12. The summed E-state index contributed by atoms with van der Waals surface area (Å²) in [5, 5.41) is 13.3. The van der Waals surface area contributed by atoms with Crippen LogP contribution in [0.4, 0.5) is 5.69 Å². The third kappa shape index (κ3) is 4.56. The molecule has 0 bridgehead atoms. The van der Waals surface area contributed by atoms with Crippen LogP contribution in [0.1, 0.15) is 11.7 Å². The number of sulfone groups is 1. The van der Waals surface area contributed by atoms with E-state index in [1.807, 2.05) is 24.3 Å². The second-order valence-electron chi connectivity index (χ2n) is 4.75. The molecule has 0 fully saturated rings. The van der Waals surface area contributed by atoms with Gasteiger partial charge in [-0.15, -0.1) is 0 Å². The van der Waals surface area contributed by atoms with E-state index in [9.17, 15) is 13.5 Å². The molecule has 1 unspecified atom stereocenters. The standard InChI is InChI=1S/C15H16BrNO3S/c1-21(19,20)14-7-5-11(6-8-14)15(18)10-17-13-4-2-3-12(16)9-13/h2-9,15,17-18H,10H2,1H3. The van der Waals surface area contributed by atoms with Crippen LogP contribution in [0.2, 0.25) is 0 Å². The van der Waals surface area contributed by atoms with E-state index in [1.54, 1.807) is 12.1 Å². The summed E-state index contributed by atoms with van der Waals surface area (Å²) in [4.78, 5) is 0.249. The number of aliphatic hydroxyl groups is 1. The third-order valence-electron chi connectivity index (χ3n) is 3.02. The van der Waals surface area contributed by atoms with Gasteiger partial charge in [0.25, 0.3) is 0 Å². The molecule has 2 aromatic carbocycles. The molecule has 0 saturated heterocycles. The quantitative estimate of drug-likeness (QED) is 0.849. The Morgan fingerprint density at radius 2 is 1.86 bits per heavy atom. The first-order valence-corrected chi connectivity index (χ1v) is 9.02. The van der Waals surface area contributed by atoms with Crippen LogP contribution in [-0.2, 0) is 9.84 Å². The van der Waals surface area contributed by atoms with E-state index in [0.29, 0.717) is 12.1 Å². The van der Waals surface area contributed by atoms with Crippen molar-refractivity contribution in [2.24, 2.45) is 0 Å². The number of hydrogen-bond acceptors (Lipinski definition) is 4. The molecule has 2 aromatic rings. The van der Waals surface area contributed by atoms with E-state index in [4.69, 9.17) is 0 Å². The van der Waals surface area contributed by atoms with E-state index >= 15 is 0 Å². The van der Waals surface area contributed by atoms with Crippen molar-refractivity contribution in [3.8, 4) is 0 Å². The first kappa shape index (κ1) is 16.0. The summed E-state index contributed by atoms with van der Waals surface area (Å²) in [5.74, 6) is 0. The van der Waals surface area contributed by atoms with Gasteiger partial charge >= 0.3 is 0 Å². The zero-order valence-corrected chi connectivity index (χ0v) is 13.9. The number of nitrogens with one attached hydrogen (secondary N) is 1. The average Bonchev–Trinajstić information content (AvgIpc) is 2.44. The summed E-state index contributed by atoms with van der Waals surface area (Å²) in [6.07, 6.45) is 0.449. The zero-order chi connectivity index (χ0) is 15.5. The molecule has 0 aliphatic heterocycles. The molecule has 112 valence electrons. The maximum atomic E-state index is 11.4. The van der Waals surface area contributed by atoms with E-state index < -0.39 is 15.9 Å². The molecule has 2 N–H and O–H groups in total. The molecule has 0 spiro atoms. The van der Waals surface area contributed by atoms with Crippen molar-refractivity contribution in [3.63, 3.8) is 0 Å². The van der Waals surface area contributed by atoms with Crippen LogP contribution in [-0.4, -0.2) is 26.3 Å². The summed E-state index contributed by atoms with van der Waals surface area (Å²) >= 11 is 3.38. The molecule has 0 aliphatic rings. The molecular formula is C15H16BrNO3S. The maximum Gasteiger partial charge on any atom is 0.175 e. The Morgan fingerprint density at radius 3 is 2.43 bits per heavy atom. The fourth-order valence-electron chi connectivity index (χ4n) is 1.87. The summed E-state index contributed by atoms with van der Waals surface area (Å²) in [7, 11) is -3.21. The Bertz CT molecular complexity index is 714. The Labute approximate surface area is 132 Å². The molecule has 0 radical (unpaired) electrons. The molecule has 0 saturated carbocycles. The molecule has 0 aliphatic carbocycles. The Hall–Kier alpha value is -1.37. The van der Waals surface area contributed by atoms with Crippen molar-refractivity contribution < 1.29 is 13.5 Å². The van der Waals surface area contributed by atoms with Crippen LogP contribution in [0.3, 0.4) is 0 Å². The third-order valence-corrected chi connectivity index (χ3v) is 4.64. The molecular weight excluding hydrogens is 354 g/mol. The number of hydrogen-bond donors (Lipinski definition) is 2. The van der Waals surface area contributed by atoms with Crippen LogP contribution in [0.25, 0.3) is 0 Å². The van der Waals surface area contributed by atoms with Crippen LogP contribution < -0.4 is 5.32 Å². The van der Waals surface area contributed by atoms with Gasteiger partial charge in [-0.1, -0.05) is 34.1 Å². The Kier molecular flexibility index (Phi) is 5.03. The van der Waals surface area contributed by atoms with Crippen LogP contribution in [0.5, 0.6) is 0 Å². The Morgan fingerprint density at radius 1 is 1.19 bits per heavy atom. The summed E-state index contributed by atoms with van der Waals surface area (Å²) in [6.45, 7) is 0.342. The van der Waals surface area contributed by atoms with Gasteiger partial charge in [-0.25, -0.2) is 8.42 Å². The molecule has 0 heterocycles. The first-order chi connectivity index (χ1) is 9.86. The van der Waals surface area contributed by atoms with Crippen molar-refractivity contribution in [3.05, 3.63) is 58.6 Å². The smallest absolute Gasteiger partial charge is 0.175 e. The lowest BCUT2D eigenvalue weighted by molar-refractivity contribution is 0.191. The van der Waals surface area contributed by atoms with E-state index in [-0.39, 0.29) is 4.90 Å².